The van der Waals surface area contributed by atoms with Crippen LogP contribution in [0.5, 0.6) is 6.01 Å². The first-order chi connectivity index (χ1) is 18.1. The standard InChI is InChI=1S/C28H28N6O3/c1-29-24-23-25-32-27(31-24)37-13-7-3-6-10-20-14-18(16-34(25)28(36)30-23)15-21-17-33(12-11-22(20)21)26(35)19-8-4-2-5-9-19/h2-6,8-9,14-15H,7,10-13,16-17H2,1H3,(H,30,36)(H,29,31,32)/b6-3-. The molecule has 9 heteroatoms. The number of amides is 1. The lowest BCUT2D eigenvalue weighted by molar-refractivity contribution is 0.0734. The van der Waals surface area contributed by atoms with E-state index in [1.54, 1.807) is 11.6 Å². The monoisotopic (exact) mass is 496 g/mol. The van der Waals surface area contributed by atoms with Crippen LogP contribution in [-0.4, -0.2) is 50.5 Å². The average Bonchev–Trinajstić information content (AvgIpc) is 3.24. The quantitative estimate of drug-likeness (QED) is 0.413. The van der Waals surface area contributed by atoms with E-state index in [1.807, 2.05) is 35.2 Å². The van der Waals surface area contributed by atoms with Crippen molar-refractivity contribution in [3.63, 3.8) is 0 Å². The molecule has 0 saturated heterocycles. The Morgan fingerprint density at radius 2 is 1.92 bits per heavy atom. The van der Waals surface area contributed by atoms with Gasteiger partial charge in [0.1, 0.15) is 5.52 Å². The van der Waals surface area contributed by atoms with Gasteiger partial charge in [-0.2, -0.15) is 9.97 Å². The number of rotatable bonds is 2. The number of ether oxygens (including phenoxy) is 1. The van der Waals surface area contributed by atoms with Crippen LogP contribution < -0.4 is 15.7 Å². The van der Waals surface area contributed by atoms with Crippen molar-refractivity contribution in [3.8, 4) is 6.01 Å². The molecule has 0 aliphatic carbocycles. The number of hydrogen-bond donors (Lipinski definition) is 2. The number of anilines is 1. The van der Waals surface area contributed by atoms with E-state index in [9.17, 15) is 9.59 Å². The van der Waals surface area contributed by atoms with Crippen molar-refractivity contribution in [2.75, 3.05) is 25.5 Å². The van der Waals surface area contributed by atoms with Crippen LogP contribution in [0.2, 0.25) is 0 Å². The fourth-order valence-electron chi connectivity index (χ4n) is 5.20. The Morgan fingerprint density at radius 3 is 2.76 bits per heavy atom. The van der Waals surface area contributed by atoms with E-state index in [0.29, 0.717) is 48.8 Å². The van der Waals surface area contributed by atoms with Gasteiger partial charge < -0.3 is 19.9 Å². The van der Waals surface area contributed by atoms with Crippen molar-refractivity contribution in [1.29, 1.82) is 0 Å². The zero-order chi connectivity index (χ0) is 25.4. The number of H-pyrrole nitrogens is 1. The average molecular weight is 497 g/mol. The van der Waals surface area contributed by atoms with Gasteiger partial charge in [0, 0.05) is 25.7 Å². The van der Waals surface area contributed by atoms with Gasteiger partial charge in [0.25, 0.3) is 5.91 Å². The minimum atomic E-state index is -0.259. The fourth-order valence-corrected chi connectivity index (χ4v) is 5.20. The van der Waals surface area contributed by atoms with Gasteiger partial charge in [0.2, 0.25) is 0 Å². The van der Waals surface area contributed by atoms with E-state index in [0.717, 1.165) is 30.4 Å². The van der Waals surface area contributed by atoms with E-state index in [-0.39, 0.29) is 17.6 Å². The molecule has 0 atom stereocenters. The van der Waals surface area contributed by atoms with Crippen LogP contribution in [0.4, 0.5) is 5.82 Å². The van der Waals surface area contributed by atoms with Crippen molar-refractivity contribution in [2.24, 2.45) is 0 Å². The Kier molecular flexibility index (Phi) is 5.96. The Morgan fingerprint density at radius 1 is 1.08 bits per heavy atom. The third-order valence-electron chi connectivity index (χ3n) is 7.00. The van der Waals surface area contributed by atoms with Gasteiger partial charge in [-0.15, -0.1) is 0 Å². The molecule has 6 rings (SSSR count). The van der Waals surface area contributed by atoms with E-state index in [1.165, 1.54) is 11.1 Å². The highest BCUT2D eigenvalue weighted by molar-refractivity contribution is 5.94. The molecule has 1 amide bonds. The number of carbonyl (C=O) groups excluding carboxylic acids is 1. The maximum Gasteiger partial charge on any atom is 0.328 e. The molecule has 37 heavy (non-hydrogen) atoms. The number of benzene rings is 2. The molecule has 2 aliphatic heterocycles. The Hall–Kier alpha value is -4.40. The largest absolute Gasteiger partial charge is 0.463 e. The molecule has 0 radical (unpaired) electrons. The third kappa shape index (κ3) is 4.37. The van der Waals surface area contributed by atoms with Crippen LogP contribution in [0.15, 0.2) is 59.4 Å². The highest BCUT2D eigenvalue weighted by atomic mass is 16.5. The van der Waals surface area contributed by atoms with Crippen molar-refractivity contribution in [1.82, 2.24) is 24.4 Å². The molecule has 2 aliphatic rings. The molecule has 2 N–H and O–H groups in total. The van der Waals surface area contributed by atoms with Gasteiger partial charge in [-0.25, -0.2) is 4.79 Å². The van der Waals surface area contributed by atoms with Crippen molar-refractivity contribution in [2.45, 2.75) is 32.4 Å². The van der Waals surface area contributed by atoms with Crippen LogP contribution in [0.1, 0.15) is 39.0 Å². The van der Waals surface area contributed by atoms with E-state index in [4.69, 9.17) is 4.74 Å². The van der Waals surface area contributed by atoms with Crippen molar-refractivity contribution < 1.29 is 9.53 Å². The predicted octanol–water partition coefficient (Wildman–Crippen LogP) is 3.29. The molecule has 4 bridgehead atoms. The summed E-state index contributed by atoms with van der Waals surface area (Å²) < 4.78 is 7.41. The number of aromatic nitrogens is 4. The molecule has 0 saturated carbocycles. The molecule has 9 nitrogen and oxygen atoms in total. The lowest BCUT2D eigenvalue weighted by Crippen LogP contribution is -2.36. The Bertz CT molecular complexity index is 1570. The van der Waals surface area contributed by atoms with Crippen LogP contribution in [0, 0.1) is 0 Å². The third-order valence-corrected chi connectivity index (χ3v) is 7.00. The normalized spacial score (nSPS) is 16.1. The number of nitrogens with zero attached hydrogens (tertiary/aromatic N) is 4. The first-order valence-electron chi connectivity index (χ1n) is 12.5. The lowest BCUT2D eigenvalue weighted by Gasteiger charge is -2.31. The number of hydrogen-bond acceptors (Lipinski definition) is 6. The second-order valence-corrected chi connectivity index (χ2v) is 9.37. The van der Waals surface area contributed by atoms with E-state index >= 15 is 0 Å². The smallest absolute Gasteiger partial charge is 0.328 e. The first kappa shape index (κ1) is 23.0. The maximum absolute atomic E-state index is 13.2. The summed E-state index contributed by atoms with van der Waals surface area (Å²) in [6.45, 7) is 2.00. The van der Waals surface area contributed by atoms with Gasteiger partial charge in [-0.05, 0) is 53.6 Å². The highest BCUT2D eigenvalue weighted by Crippen LogP contribution is 2.28. The van der Waals surface area contributed by atoms with Gasteiger partial charge in [0.15, 0.2) is 11.5 Å². The second kappa shape index (κ2) is 9.57. The second-order valence-electron chi connectivity index (χ2n) is 9.37. The van der Waals surface area contributed by atoms with Crippen LogP contribution >= 0.6 is 0 Å². The molecule has 0 spiro atoms. The molecule has 2 aromatic heterocycles. The molecule has 0 unspecified atom stereocenters. The van der Waals surface area contributed by atoms with Gasteiger partial charge >= 0.3 is 11.7 Å². The summed E-state index contributed by atoms with van der Waals surface area (Å²) in [5, 5.41) is 3.03. The summed E-state index contributed by atoms with van der Waals surface area (Å²) in [6, 6.07) is 14.0. The Balaban J connectivity index is 1.42. The maximum atomic E-state index is 13.2. The number of nitrogens with one attached hydrogen (secondary N) is 2. The minimum Gasteiger partial charge on any atom is -0.463 e. The Labute approximate surface area is 213 Å². The van der Waals surface area contributed by atoms with E-state index < -0.39 is 0 Å². The molecule has 2 aromatic carbocycles. The number of imidazole rings is 1. The van der Waals surface area contributed by atoms with Crippen LogP contribution in [0.25, 0.3) is 11.2 Å². The summed E-state index contributed by atoms with van der Waals surface area (Å²) in [5.41, 5.74) is 6.12. The van der Waals surface area contributed by atoms with Crippen molar-refractivity contribution >= 4 is 22.9 Å². The number of aromatic amines is 1. The summed E-state index contributed by atoms with van der Waals surface area (Å²) in [6.07, 6.45) is 6.58. The van der Waals surface area contributed by atoms with Crippen LogP contribution in [-0.2, 0) is 25.9 Å². The predicted molar refractivity (Wildman–Crippen MR) is 141 cm³/mol. The molecule has 4 heterocycles. The zero-order valence-electron chi connectivity index (χ0n) is 20.7. The summed E-state index contributed by atoms with van der Waals surface area (Å²) in [5.74, 6) is 0.552. The number of carbonyl (C=O) groups is 1. The summed E-state index contributed by atoms with van der Waals surface area (Å²) in [7, 11) is 1.75. The summed E-state index contributed by atoms with van der Waals surface area (Å²) in [4.78, 5) is 39.9. The van der Waals surface area contributed by atoms with Crippen molar-refractivity contribution in [3.05, 3.63) is 92.9 Å². The molecular weight excluding hydrogens is 468 g/mol. The highest BCUT2D eigenvalue weighted by Gasteiger charge is 2.24. The van der Waals surface area contributed by atoms with Gasteiger partial charge in [-0.1, -0.05) is 42.5 Å². The first-order valence-corrected chi connectivity index (χ1v) is 12.5. The summed E-state index contributed by atoms with van der Waals surface area (Å²) >= 11 is 0. The topological polar surface area (TPSA) is 105 Å². The van der Waals surface area contributed by atoms with Gasteiger partial charge in [0.05, 0.1) is 13.2 Å². The number of fused-ring (bicyclic) bond motifs is 5. The fraction of sp³-hybridized carbons (Fsp3) is 0.286. The number of allylic oxidation sites excluding steroid dienone is 1. The molecule has 4 aromatic rings. The molecule has 0 fully saturated rings. The van der Waals surface area contributed by atoms with Crippen LogP contribution in [0.3, 0.4) is 0 Å². The molecule has 188 valence electrons. The SMILES string of the molecule is CNc1nc2nc3c1[nH]c(=O)n3Cc1cc(c3c(c1)CN(C(=O)c1ccccc1)CC3)C/C=C\CCO2. The lowest BCUT2D eigenvalue weighted by atomic mass is 9.90. The van der Waals surface area contributed by atoms with E-state index in [2.05, 4.69) is 44.6 Å². The minimum absolute atomic E-state index is 0.0388. The molecular formula is C28H28N6O3. The van der Waals surface area contributed by atoms with Gasteiger partial charge in [-0.3, -0.25) is 9.36 Å². The zero-order valence-corrected chi connectivity index (χ0v) is 20.7.